The lowest BCUT2D eigenvalue weighted by Gasteiger charge is -2.39. The van der Waals surface area contributed by atoms with Gasteiger partial charge in [0.05, 0.1) is 5.56 Å². The normalized spacial score (nSPS) is 17.5. The van der Waals surface area contributed by atoms with Crippen LogP contribution in [0.2, 0.25) is 0 Å². The van der Waals surface area contributed by atoms with E-state index in [4.69, 9.17) is 4.74 Å². The smallest absolute Gasteiger partial charge is 0.339 e. The maximum Gasteiger partial charge on any atom is 0.339 e. The van der Waals surface area contributed by atoms with Crippen molar-refractivity contribution in [2.45, 2.75) is 18.4 Å². The summed E-state index contributed by atoms with van der Waals surface area (Å²) >= 11 is 0. The van der Waals surface area contributed by atoms with E-state index < -0.39 is 5.60 Å². The van der Waals surface area contributed by atoms with Gasteiger partial charge in [-0.3, -0.25) is 0 Å². The number of ether oxygens (including phenoxy) is 1. The SMILES string of the molecule is C=CCN(CC=C)c1cccc(C2(CCN(C)C)Cc3ccccc3C(=O)O2)c1.Cl. The van der Waals surface area contributed by atoms with Gasteiger partial charge in [-0.1, -0.05) is 42.5 Å². The van der Waals surface area contributed by atoms with Crippen LogP contribution in [-0.2, 0) is 16.8 Å². The van der Waals surface area contributed by atoms with Crippen molar-refractivity contribution in [1.82, 2.24) is 4.90 Å². The van der Waals surface area contributed by atoms with Crippen LogP contribution >= 0.6 is 12.4 Å². The van der Waals surface area contributed by atoms with Gasteiger partial charge in [0.25, 0.3) is 0 Å². The van der Waals surface area contributed by atoms with Gasteiger partial charge in [0.15, 0.2) is 0 Å². The maximum atomic E-state index is 12.9. The van der Waals surface area contributed by atoms with E-state index in [1.54, 1.807) is 0 Å². The molecule has 0 saturated heterocycles. The fraction of sp³-hybridized carbons (Fsp3) is 0.320. The highest BCUT2D eigenvalue weighted by Crippen LogP contribution is 2.40. The third-order valence-corrected chi connectivity index (χ3v) is 5.40. The molecule has 0 fully saturated rings. The molecule has 5 heteroatoms. The molecule has 0 aliphatic carbocycles. The third kappa shape index (κ3) is 5.13. The first-order valence-electron chi connectivity index (χ1n) is 10.0. The van der Waals surface area contributed by atoms with Crippen LogP contribution in [0.4, 0.5) is 5.69 Å². The van der Waals surface area contributed by atoms with E-state index in [0.29, 0.717) is 12.0 Å². The topological polar surface area (TPSA) is 32.8 Å². The summed E-state index contributed by atoms with van der Waals surface area (Å²) in [5.74, 6) is -0.245. The van der Waals surface area contributed by atoms with Crippen molar-refractivity contribution in [3.8, 4) is 0 Å². The molecular formula is C25H31ClN2O2. The Labute approximate surface area is 186 Å². The van der Waals surface area contributed by atoms with Gasteiger partial charge in [0, 0.05) is 38.2 Å². The number of carbonyl (C=O) groups is 1. The van der Waals surface area contributed by atoms with E-state index in [-0.39, 0.29) is 18.4 Å². The molecule has 1 atom stereocenters. The summed E-state index contributed by atoms with van der Waals surface area (Å²) in [5, 5.41) is 0. The van der Waals surface area contributed by atoms with Gasteiger partial charge in [0.1, 0.15) is 5.60 Å². The molecule has 4 nitrogen and oxygen atoms in total. The van der Waals surface area contributed by atoms with E-state index in [2.05, 4.69) is 41.2 Å². The highest BCUT2D eigenvalue weighted by molar-refractivity contribution is 5.92. The van der Waals surface area contributed by atoms with Gasteiger partial charge in [0.2, 0.25) is 0 Å². The lowest BCUT2D eigenvalue weighted by Crippen LogP contribution is -2.41. The fourth-order valence-electron chi connectivity index (χ4n) is 3.88. The van der Waals surface area contributed by atoms with Crippen LogP contribution in [0.5, 0.6) is 0 Å². The quantitative estimate of drug-likeness (QED) is 0.424. The second kappa shape index (κ2) is 10.5. The highest BCUT2D eigenvalue weighted by Gasteiger charge is 2.41. The lowest BCUT2D eigenvalue weighted by molar-refractivity contribution is -0.0354. The van der Waals surface area contributed by atoms with Crippen molar-refractivity contribution in [3.05, 3.63) is 90.5 Å². The third-order valence-electron chi connectivity index (χ3n) is 5.40. The summed E-state index contributed by atoms with van der Waals surface area (Å²) in [7, 11) is 4.08. The predicted molar refractivity (Wildman–Crippen MR) is 127 cm³/mol. The molecule has 1 aliphatic rings. The average molecular weight is 427 g/mol. The predicted octanol–water partition coefficient (Wildman–Crippen LogP) is 4.85. The molecule has 30 heavy (non-hydrogen) atoms. The molecule has 2 aromatic rings. The molecule has 0 aromatic heterocycles. The zero-order valence-corrected chi connectivity index (χ0v) is 18.7. The van der Waals surface area contributed by atoms with E-state index in [0.717, 1.165) is 42.9 Å². The Morgan fingerprint density at radius 3 is 2.43 bits per heavy atom. The summed E-state index contributed by atoms with van der Waals surface area (Å²) in [6.07, 6.45) is 5.17. The van der Waals surface area contributed by atoms with Crippen LogP contribution in [0.15, 0.2) is 73.8 Å². The first-order chi connectivity index (χ1) is 14.0. The number of halogens is 1. The molecule has 2 aromatic carbocycles. The molecule has 0 bridgehead atoms. The number of carbonyl (C=O) groups excluding carboxylic acids is 1. The molecule has 1 aliphatic heterocycles. The summed E-state index contributed by atoms with van der Waals surface area (Å²) in [4.78, 5) is 17.2. The second-order valence-corrected chi connectivity index (χ2v) is 7.80. The minimum atomic E-state index is -0.681. The fourth-order valence-corrected chi connectivity index (χ4v) is 3.88. The molecule has 0 N–H and O–H groups in total. The molecule has 160 valence electrons. The molecule has 3 rings (SSSR count). The Kier molecular flexibility index (Phi) is 8.27. The number of esters is 1. The number of hydrogen-bond donors (Lipinski definition) is 0. The average Bonchev–Trinajstić information content (AvgIpc) is 2.72. The minimum absolute atomic E-state index is 0. The Morgan fingerprint density at radius 2 is 1.77 bits per heavy atom. The van der Waals surface area contributed by atoms with Gasteiger partial charge in [-0.05, 0) is 43.4 Å². The zero-order chi connectivity index (χ0) is 20.9. The van der Waals surface area contributed by atoms with Gasteiger partial charge in [-0.15, -0.1) is 25.6 Å². The van der Waals surface area contributed by atoms with Crippen molar-refractivity contribution in [2.75, 3.05) is 38.6 Å². The van der Waals surface area contributed by atoms with Crippen LogP contribution < -0.4 is 4.90 Å². The molecule has 0 spiro atoms. The molecule has 1 unspecified atom stereocenters. The van der Waals surface area contributed by atoms with Crippen LogP contribution in [0.3, 0.4) is 0 Å². The van der Waals surface area contributed by atoms with E-state index in [1.165, 1.54) is 0 Å². The Balaban J connectivity index is 0.00000320. The number of anilines is 1. The van der Waals surface area contributed by atoms with Crippen molar-refractivity contribution >= 4 is 24.1 Å². The van der Waals surface area contributed by atoms with Gasteiger partial charge >= 0.3 is 5.97 Å². The van der Waals surface area contributed by atoms with Crippen molar-refractivity contribution < 1.29 is 9.53 Å². The van der Waals surface area contributed by atoms with Crippen molar-refractivity contribution in [2.24, 2.45) is 0 Å². The van der Waals surface area contributed by atoms with Crippen molar-refractivity contribution in [3.63, 3.8) is 0 Å². The standard InChI is InChI=1S/C25H30N2O2.ClH/c1-5-15-27(16-6-2)22-12-9-11-21(18-22)25(14-17-26(3)4)19-20-10-7-8-13-23(20)24(28)29-25;/h5-13,18H,1-2,14-17,19H2,3-4H3;1H. The second-order valence-electron chi connectivity index (χ2n) is 7.80. The monoisotopic (exact) mass is 426 g/mol. The number of rotatable bonds is 9. The zero-order valence-electron chi connectivity index (χ0n) is 17.8. The molecule has 1 heterocycles. The lowest BCUT2D eigenvalue weighted by atomic mass is 9.80. The van der Waals surface area contributed by atoms with E-state index in [9.17, 15) is 4.79 Å². The first kappa shape index (κ1) is 23.7. The van der Waals surface area contributed by atoms with Gasteiger partial charge in [-0.25, -0.2) is 4.79 Å². The van der Waals surface area contributed by atoms with Crippen LogP contribution in [0, 0.1) is 0 Å². The summed E-state index contributed by atoms with van der Waals surface area (Å²) in [6, 6.07) is 16.1. The first-order valence-corrected chi connectivity index (χ1v) is 10.0. The Hall–Kier alpha value is -2.56. The molecule has 0 saturated carbocycles. The van der Waals surface area contributed by atoms with E-state index in [1.807, 2.05) is 56.6 Å². The Morgan fingerprint density at radius 1 is 1.07 bits per heavy atom. The van der Waals surface area contributed by atoms with Gasteiger partial charge in [-0.2, -0.15) is 0 Å². The van der Waals surface area contributed by atoms with E-state index >= 15 is 0 Å². The van der Waals surface area contributed by atoms with Crippen molar-refractivity contribution in [1.29, 1.82) is 0 Å². The number of hydrogen-bond acceptors (Lipinski definition) is 4. The molecule has 0 radical (unpaired) electrons. The summed E-state index contributed by atoms with van der Waals surface area (Å²) < 4.78 is 6.17. The molecule has 0 amide bonds. The number of benzene rings is 2. The number of fused-ring (bicyclic) bond motifs is 1. The van der Waals surface area contributed by atoms with Crippen LogP contribution in [0.25, 0.3) is 0 Å². The Bertz CT molecular complexity index is 886. The minimum Gasteiger partial charge on any atom is -0.450 e. The van der Waals surface area contributed by atoms with Crippen LogP contribution in [-0.4, -0.2) is 44.6 Å². The number of cyclic esters (lactones) is 1. The highest BCUT2D eigenvalue weighted by atomic mass is 35.5. The maximum absolute atomic E-state index is 12.9. The summed E-state index contributed by atoms with van der Waals surface area (Å²) in [6.45, 7) is 10.0. The largest absolute Gasteiger partial charge is 0.450 e. The molecular weight excluding hydrogens is 396 g/mol. The summed E-state index contributed by atoms with van der Waals surface area (Å²) in [5.41, 5.74) is 3.13. The van der Waals surface area contributed by atoms with Crippen LogP contribution in [0.1, 0.15) is 27.9 Å². The van der Waals surface area contributed by atoms with Gasteiger partial charge < -0.3 is 14.5 Å². The number of nitrogens with zero attached hydrogens (tertiary/aromatic N) is 2.